The molecule has 2 atom stereocenters. The normalized spacial score (nSPS) is 18.3. The number of fused-ring (bicyclic) bond motifs is 1. The maximum atomic E-state index is 13.2. The van der Waals surface area contributed by atoms with Crippen molar-refractivity contribution in [1.29, 1.82) is 0 Å². The second-order valence-corrected chi connectivity index (χ2v) is 6.99. The Morgan fingerprint density at radius 1 is 1.31 bits per heavy atom. The highest BCUT2D eigenvalue weighted by Crippen LogP contribution is 2.44. The Morgan fingerprint density at radius 3 is 2.69 bits per heavy atom. The lowest BCUT2D eigenvalue weighted by Gasteiger charge is -2.40. The summed E-state index contributed by atoms with van der Waals surface area (Å²) in [5.41, 5.74) is 0.616. The van der Waals surface area contributed by atoms with Crippen molar-refractivity contribution < 1.29 is 24.4 Å². The van der Waals surface area contributed by atoms with E-state index in [-0.39, 0.29) is 29.2 Å². The van der Waals surface area contributed by atoms with Gasteiger partial charge >= 0.3 is 5.97 Å². The summed E-state index contributed by atoms with van der Waals surface area (Å²) in [6, 6.07) is 9.80. The minimum atomic E-state index is -1.13. The summed E-state index contributed by atoms with van der Waals surface area (Å²) in [4.78, 5) is 37.5. The molecule has 0 radical (unpaired) electrons. The molecule has 1 N–H and O–H groups in total. The predicted molar refractivity (Wildman–Crippen MR) is 106 cm³/mol. The van der Waals surface area contributed by atoms with Crippen molar-refractivity contribution in [1.82, 2.24) is 4.90 Å². The number of hydrogen-bond donors (Lipinski definition) is 1. The molecule has 3 rings (SSSR count). The number of amides is 1. The van der Waals surface area contributed by atoms with E-state index in [0.29, 0.717) is 17.7 Å². The van der Waals surface area contributed by atoms with Gasteiger partial charge in [0.1, 0.15) is 11.7 Å². The average Bonchev–Trinajstić information content (AvgIpc) is 2.72. The van der Waals surface area contributed by atoms with Gasteiger partial charge in [0.05, 0.1) is 23.6 Å². The molecule has 1 aliphatic heterocycles. The quantitative estimate of drug-likeness (QED) is 0.418. The molecule has 0 bridgehead atoms. The van der Waals surface area contributed by atoms with Gasteiger partial charge in [-0.15, -0.1) is 11.6 Å². The number of nitro benzene ring substituents is 1. The molecule has 0 fully saturated rings. The number of rotatable bonds is 7. The molecule has 1 aliphatic rings. The fourth-order valence-corrected chi connectivity index (χ4v) is 3.80. The fourth-order valence-electron chi connectivity index (χ4n) is 3.68. The van der Waals surface area contributed by atoms with E-state index in [9.17, 15) is 24.8 Å². The number of methoxy groups -OCH3 is 1. The van der Waals surface area contributed by atoms with Crippen LogP contribution in [0.3, 0.4) is 0 Å². The highest BCUT2D eigenvalue weighted by atomic mass is 35.5. The Hall–Kier alpha value is -3.13. The van der Waals surface area contributed by atoms with E-state index in [1.807, 2.05) is 0 Å². The molecule has 0 unspecified atom stereocenters. The SMILES string of the molecule is COc1cccc([C@@H]2[C@H](C(=O)O)c3ccc([N+](=O)[O-])cc3C(=O)N2CCCCl)c1. The minimum absolute atomic E-state index is 0.0281. The molecule has 0 aliphatic carbocycles. The van der Waals surface area contributed by atoms with Gasteiger partial charge in [-0.2, -0.15) is 0 Å². The largest absolute Gasteiger partial charge is 0.497 e. The van der Waals surface area contributed by atoms with Gasteiger partial charge in [0.2, 0.25) is 0 Å². The van der Waals surface area contributed by atoms with Crippen LogP contribution >= 0.6 is 11.6 Å². The van der Waals surface area contributed by atoms with E-state index in [1.165, 1.54) is 24.1 Å². The molecule has 8 nitrogen and oxygen atoms in total. The van der Waals surface area contributed by atoms with Crippen molar-refractivity contribution in [3.05, 3.63) is 69.3 Å². The molecule has 1 heterocycles. The first-order chi connectivity index (χ1) is 13.9. The second kappa shape index (κ2) is 8.48. The number of carbonyl (C=O) groups is 2. The van der Waals surface area contributed by atoms with Gasteiger partial charge in [-0.1, -0.05) is 18.2 Å². The van der Waals surface area contributed by atoms with E-state index >= 15 is 0 Å². The number of non-ortho nitro benzene ring substituents is 1. The summed E-state index contributed by atoms with van der Waals surface area (Å²) in [7, 11) is 1.50. The van der Waals surface area contributed by atoms with E-state index in [4.69, 9.17) is 16.3 Å². The first-order valence-electron chi connectivity index (χ1n) is 8.91. The fraction of sp³-hybridized carbons (Fsp3) is 0.300. The average molecular weight is 419 g/mol. The number of ether oxygens (including phenoxy) is 1. The zero-order valence-electron chi connectivity index (χ0n) is 15.6. The summed E-state index contributed by atoms with van der Waals surface area (Å²) in [5, 5.41) is 21.2. The third-order valence-electron chi connectivity index (χ3n) is 4.96. The summed E-state index contributed by atoms with van der Waals surface area (Å²) in [6.45, 7) is 0.218. The zero-order chi connectivity index (χ0) is 21.1. The number of carboxylic acids is 1. The minimum Gasteiger partial charge on any atom is -0.497 e. The standard InChI is InChI=1S/C20H19ClN2O6/c1-29-14-5-2-4-12(10-14)18-17(20(25)26)15-7-6-13(23(27)28)11-16(15)19(24)22(18)9-3-8-21/h2,4-7,10-11,17-18H,3,8-9H2,1H3,(H,25,26)/t17-,18-/m1/s1. The van der Waals surface area contributed by atoms with E-state index in [0.717, 1.165) is 6.07 Å². The van der Waals surface area contributed by atoms with Gasteiger partial charge in [0.25, 0.3) is 11.6 Å². The smallest absolute Gasteiger partial charge is 0.313 e. The predicted octanol–water partition coefficient (Wildman–Crippen LogP) is 3.60. The zero-order valence-corrected chi connectivity index (χ0v) is 16.3. The van der Waals surface area contributed by atoms with Crippen LogP contribution in [-0.2, 0) is 4.79 Å². The van der Waals surface area contributed by atoms with Crippen molar-refractivity contribution in [3.8, 4) is 5.75 Å². The lowest BCUT2D eigenvalue weighted by atomic mass is 9.79. The number of hydrogen-bond acceptors (Lipinski definition) is 5. The van der Waals surface area contributed by atoms with Crippen LogP contribution in [0.25, 0.3) is 0 Å². The Bertz CT molecular complexity index is 964. The van der Waals surface area contributed by atoms with Crippen LogP contribution < -0.4 is 4.74 Å². The Labute approximate surface area is 171 Å². The molecular formula is C20H19ClN2O6. The maximum Gasteiger partial charge on any atom is 0.313 e. The summed E-state index contributed by atoms with van der Waals surface area (Å²) < 4.78 is 5.25. The highest BCUT2D eigenvalue weighted by molar-refractivity contribution is 6.17. The lowest BCUT2D eigenvalue weighted by molar-refractivity contribution is -0.384. The molecule has 0 saturated carbocycles. The molecule has 152 valence electrons. The number of alkyl halides is 1. The van der Waals surface area contributed by atoms with Crippen LogP contribution in [0, 0.1) is 10.1 Å². The molecule has 1 amide bonds. The lowest BCUT2D eigenvalue weighted by Crippen LogP contribution is -2.45. The third kappa shape index (κ3) is 3.88. The van der Waals surface area contributed by atoms with Crippen LogP contribution in [-0.4, -0.2) is 46.3 Å². The highest BCUT2D eigenvalue weighted by Gasteiger charge is 2.44. The summed E-state index contributed by atoms with van der Waals surface area (Å²) in [5.74, 6) is -1.86. The van der Waals surface area contributed by atoms with E-state index < -0.39 is 28.8 Å². The molecule has 2 aromatic rings. The van der Waals surface area contributed by atoms with E-state index in [1.54, 1.807) is 24.3 Å². The maximum absolute atomic E-state index is 13.2. The van der Waals surface area contributed by atoms with Gasteiger partial charge in [-0.05, 0) is 29.7 Å². The topological polar surface area (TPSA) is 110 Å². The van der Waals surface area contributed by atoms with Gasteiger partial charge < -0.3 is 14.7 Å². The Kier molecular flexibility index (Phi) is 6.03. The number of carboxylic acid groups (broad SMARTS) is 1. The molecule has 0 aromatic heterocycles. The van der Waals surface area contributed by atoms with Crippen molar-refractivity contribution in [3.63, 3.8) is 0 Å². The van der Waals surface area contributed by atoms with Crippen LogP contribution in [0.15, 0.2) is 42.5 Å². The van der Waals surface area contributed by atoms with Gasteiger partial charge in [0.15, 0.2) is 0 Å². The van der Waals surface area contributed by atoms with Crippen molar-refractivity contribution >= 4 is 29.2 Å². The monoisotopic (exact) mass is 418 g/mol. The van der Waals surface area contributed by atoms with Gasteiger partial charge in [-0.25, -0.2) is 0 Å². The number of benzene rings is 2. The van der Waals surface area contributed by atoms with Crippen LogP contribution in [0.5, 0.6) is 5.75 Å². The first kappa shape index (κ1) is 20.6. The van der Waals surface area contributed by atoms with Crippen LogP contribution in [0.4, 0.5) is 5.69 Å². The summed E-state index contributed by atoms with van der Waals surface area (Å²) >= 11 is 5.81. The van der Waals surface area contributed by atoms with Crippen molar-refractivity contribution in [2.75, 3.05) is 19.5 Å². The number of aliphatic carboxylic acids is 1. The molecule has 2 aromatic carbocycles. The van der Waals surface area contributed by atoms with E-state index in [2.05, 4.69) is 0 Å². The summed E-state index contributed by atoms with van der Waals surface area (Å²) in [6.07, 6.45) is 0.449. The molecular weight excluding hydrogens is 400 g/mol. The Balaban J connectivity index is 2.21. The molecule has 9 heteroatoms. The molecule has 0 saturated heterocycles. The van der Waals surface area contributed by atoms with Crippen molar-refractivity contribution in [2.45, 2.75) is 18.4 Å². The number of nitrogens with zero attached hydrogens (tertiary/aromatic N) is 2. The molecule has 29 heavy (non-hydrogen) atoms. The van der Waals surface area contributed by atoms with Gasteiger partial charge in [0, 0.05) is 24.6 Å². The number of halogens is 1. The number of carbonyl (C=O) groups excluding carboxylic acids is 1. The number of nitro groups is 1. The first-order valence-corrected chi connectivity index (χ1v) is 9.44. The van der Waals surface area contributed by atoms with Crippen LogP contribution in [0.1, 0.15) is 39.9 Å². The Morgan fingerprint density at radius 2 is 2.07 bits per heavy atom. The van der Waals surface area contributed by atoms with Crippen molar-refractivity contribution in [2.24, 2.45) is 0 Å². The van der Waals surface area contributed by atoms with Gasteiger partial charge in [-0.3, -0.25) is 19.7 Å². The third-order valence-corrected chi connectivity index (χ3v) is 5.23. The van der Waals surface area contributed by atoms with Crippen LogP contribution in [0.2, 0.25) is 0 Å². The second-order valence-electron chi connectivity index (χ2n) is 6.61. The molecule has 0 spiro atoms.